The molecule has 0 bridgehead atoms. The van der Waals surface area contributed by atoms with Gasteiger partial charge in [0.05, 0.1) is 6.54 Å². The van der Waals surface area contributed by atoms with E-state index in [0.29, 0.717) is 6.41 Å². The number of alkyl halides is 3. The maximum absolute atomic E-state index is 11.9. The zero-order chi connectivity index (χ0) is 9.90. The van der Waals surface area contributed by atoms with Crippen molar-refractivity contribution in [3.05, 3.63) is 11.6 Å². The second-order valence-corrected chi connectivity index (χ2v) is 2.10. The van der Waals surface area contributed by atoms with E-state index in [-0.39, 0.29) is 12.4 Å². The third-order valence-electron chi connectivity index (χ3n) is 1.14. The summed E-state index contributed by atoms with van der Waals surface area (Å²) in [6, 6.07) is 0. The van der Waals surface area contributed by atoms with Gasteiger partial charge in [0.25, 0.3) is 5.82 Å². The van der Waals surface area contributed by atoms with Crippen LogP contribution in [0.5, 0.6) is 0 Å². The van der Waals surface area contributed by atoms with Crippen LogP contribution < -0.4 is 5.32 Å². The fourth-order valence-corrected chi connectivity index (χ4v) is 0.639. The molecule has 1 rings (SSSR count). The molecule has 0 spiro atoms. The molecule has 2 N–H and O–H groups in total. The second kappa shape index (κ2) is 3.42. The summed E-state index contributed by atoms with van der Waals surface area (Å²) >= 11 is 0. The molecular formula is C5H5F3N4O. The molecule has 0 aliphatic carbocycles. The molecule has 0 fully saturated rings. The molecule has 72 valence electrons. The molecule has 8 heteroatoms. The van der Waals surface area contributed by atoms with E-state index in [2.05, 4.69) is 15.4 Å². The Morgan fingerprint density at radius 3 is 2.69 bits per heavy atom. The van der Waals surface area contributed by atoms with Crippen molar-refractivity contribution < 1.29 is 18.0 Å². The van der Waals surface area contributed by atoms with E-state index in [0.717, 1.165) is 0 Å². The zero-order valence-electron chi connectivity index (χ0n) is 6.22. The van der Waals surface area contributed by atoms with Crippen LogP contribution in [0, 0.1) is 0 Å². The molecule has 0 aliphatic heterocycles. The summed E-state index contributed by atoms with van der Waals surface area (Å²) in [5.41, 5.74) is 0. The van der Waals surface area contributed by atoms with Gasteiger partial charge in [0.2, 0.25) is 6.41 Å². The van der Waals surface area contributed by atoms with E-state index >= 15 is 0 Å². The van der Waals surface area contributed by atoms with Gasteiger partial charge < -0.3 is 5.32 Å². The number of nitrogens with one attached hydrogen (secondary N) is 2. The molecule has 5 nitrogen and oxygen atoms in total. The van der Waals surface area contributed by atoms with Gasteiger partial charge in [-0.25, -0.2) is 4.98 Å². The summed E-state index contributed by atoms with van der Waals surface area (Å²) in [6.45, 7) is -0.105. The highest BCUT2D eigenvalue weighted by Crippen LogP contribution is 2.25. The summed E-state index contributed by atoms with van der Waals surface area (Å²) in [6.07, 6.45) is -4.20. The first kappa shape index (κ1) is 9.49. The number of nitrogens with zero attached hydrogens (tertiary/aromatic N) is 2. The Hall–Kier alpha value is -1.60. The lowest BCUT2D eigenvalue weighted by Crippen LogP contribution is -2.11. The average molecular weight is 194 g/mol. The molecule has 0 unspecified atom stereocenters. The lowest BCUT2D eigenvalue weighted by molar-refractivity contribution is -0.144. The normalized spacial score (nSPS) is 11.3. The Morgan fingerprint density at radius 1 is 1.54 bits per heavy atom. The molecule has 0 radical (unpaired) electrons. The summed E-state index contributed by atoms with van der Waals surface area (Å²) in [7, 11) is 0. The Morgan fingerprint density at radius 2 is 2.23 bits per heavy atom. The Kier molecular flexibility index (Phi) is 2.49. The van der Waals surface area contributed by atoms with Gasteiger partial charge in [-0.2, -0.15) is 13.2 Å². The molecule has 0 saturated heterocycles. The molecule has 0 aromatic carbocycles. The third-order valence-corrected chi connectivity index (χ3v) is 1.14. The number of carbonyl (C=O) groups excluding carboxylic acids is 1. The number of carbonyl (C=O) groups is 1. The fraction of sp³-hybridized carbons (Fsp3) is 0.400. The number of halogens is 3. The fourth-order valence-electron chi connectivity index (χ4n) is 0.639. The molecule has 1 amide bonds. The van der Waals surface area contributed by atoms with Crippen molar-refractivity contribution in [1.82, 2.24) is 20.5 Å². The predicted molar refractivity (Wildman–Crippen MR) is 34.3 cm³/mol. The number of aromatic nitrogens is 3. The van der Waals surface area contributed by atoms with E-state index in [9.17, 15) is 18.0 Å². The number of aromatic amines is 1. The van der Waals surface area contributed by atoms with Crippen LogP contribution in [-0.2, 0) is 17.5 Å². The van der Waals surface area contributed by atoms with Gasteiger partial charge in [0, 0.05) is 0 Å². The molecule has 1 heterocycles. The smallest absolute Gasteiger partial charge is 0.351 e. The number of rotatable bonds is 3. The summed E-state index contributed by atoms with van der Waals surface area (Å²) < 4.78 is 35.7. The zero-order valence-corrected chi connectivity index (χ0v) is 6.22. The molecule has 0 saturated carbocycles. The Balaban J connectivity index is 2.69. The van der Waals surface area contributed by atoms with Gasteiger partial charge in [-0.05, 0) is 0 Å². The maximum atomic E-state index is 11.9. The molecule has 13 heavy (non-hydrogen) atoms. The van der Waals surface area contributed by atoms with Gasteiger partial charge in [-0.1, -0.05) is 0 Å². The van der Waals surface area contributed by atoms with Crippen LogP contribution in [-0.4, -0.2) is 21.6 Å². The van der Waals surface area contributed by atoms with Crippen LogP contribution in [0.1, 0.15) is 11.6 Å². The minimum absolute atomic E-state index is 0.0422. The van der Waals surface area contributed by atoms with Crippen LogP contribution in [0.25, 0.3) is 0 Å². The first-order valence-electron chi connectivity index (χ1n) is 3.19. The van der Waals surface area contributed by atoms with E-state index < -0.39 is 12.0 Å². The van der Waals surface area contributed by atoms with Crippen LogP contribution in [0.3, 0.4) is 0 Å². The highest BCUT2D eigenvalue weighted by Gasteiger charge is 2.35. The van der Waals surface area contributed by atoms with Crippen LogP contribution >= 0.6 is 0 Å². The van der Waals surface area contributed by atoms with Crippen molar-refractivity contribution in [2.24, 2.45) is 0 Å². The van der Waals surface area contributed by atoms with E-state index in [4.69, 9.17) is 0 Å². The van der Waals surface area contributed by atoms with Crippen molar-refractivity contribution in [1.29, 1.82) is 0 Å². The van der Waals surface area contributed by atoms with Crippen molar-refractivity contribution >= 4 is 6.41 Å². The standard InChI is InChI=1S/C5H5F3N4O/c6-5(7,8)4-10-3(11-12-4)1-9-2-13/h2H,1H2,(H,9,13)(H,10,11,12). The van der Waals surface area contributed by atoms with Crippen molar-refractivity contribution in [3.63, 3.8) is 0 Å². The van der Waals surface area contributed by atoms with Crippen molar-refractivity contribution in [2.75, 3.05) is 0 Å². The lowest BCUT2D eigenvalue weighted by atomic mass is 10.6. The van der Waals surface area contributed by atoms with Gasteiger partial charge >= 0.3 is 6.18 Å². The Labute approximate surface area is 70.4 Å². The van der Waals surface area contributed by atoms with Crippen molar-refractivity contribution in [3.8, 4) is 0 Å². The largest absolute Gasteiger partial charge is 0.453 e. The number of H-pyrrole nitrogens is 1. The lowest BCUT2D eigenvalue weighted by Gasteiger charge is -1.97. The monoisotopic (exact) mass is 194 g/mol. The summed E-state index contributed by atoms with van der Waals surface area (Å²) in [4.78, 5) is 12.9. The predicted octanol–water partition coefficient (Wildman–Crippen LogP) is 0.0695. The van der Waals surface area contributed by atoms with E-state index in [1.165, 1.54) is 0 Å². The van der Waals surface area contributed by atoms with Gasteiger partial charge in [0.15, 0.2) is 0 Å². The molecule has 0 atom stereocenters. The average Bonchev–Trinajstić information content (AvgIpc) is 2.47. The minimum atomic E-state index is -4.56. The Bertz CT molecular complexity index is 294. The minimum Gasteiger partial charge on any atom is -0.351 e. The SMILES string of the molecule is O=CNCc1nc(C(F)(F)F)n[nH]1. The number of amides is 1. The van der Waals surface area contributed by atoms with Crippen LogP contribution in [0.2, 0.25) is 0 Å². The van der Waals surface area contributed by atoms with Gasteiger partial charge in [-0.15, -0.1) is 5.10 Å². The third kappa shape index (κ3) is 2.42. The second-order valence-electron chi connectivity index (χ2n) is 2.10. The van der Waals surface area contributed by atoms with E-state index in [1.807, 2.05) is 5.10 Å². The quantitative estimate of drug-likeness (QED) is 0.669. The van der Waals surface area contributed by atoms with Crippen LogP contribution in [0.15, 0.2) is 0 Å². The molecule has 1 aromatic rings. The molecule has 1 aromatic heterocycles. The first-order chi connectivity index (χ1) is 6.04. The van der Waals surface area contributed by atoms with Crippen molar-refractivity contribution in [2.45, 2.75) is 12.7 Å². The summed E-state index contributed by atoms with van der Waals surface area (Å²) in [5.74, 6) is -1.28. The number of hydrogen-bond acceptors (Lipinski definition) is 3. The maximum Gasteiger partial charge on any atom is 0.453 e. The topological polar surface area (TPSA) is 70.7 Å². The van der Waals surface area contributed by atoms with Gasteiger partial charge in [-0.3, -0.25) is 9.89 Å². The van der Waals surface area contributed by atoms with Crippen LogP contribution in [0.4, 0.5) is 13.2 Å². The summed E-state index contributed by atoms with van der Waals surface area (Å²) in [5, 5.41) is 7.12. The highest BCUT2D eigenvalue weighted by atomic mass is 19.4. The van der Waals surface area contributed by atoms with E-state index in [1.54, 1.807) is 0 Å². The number of hydrogen-bond donors (Lipinski definition) is 2. The molecular weight excluding hydrogens is 189 g/mol. The van der Waals surface area contributed by atoms with Gasteiger partial charge in [0.1, 0.15) is 5.82 Å². The molecule has 0 aliphatic rings. The highest BCUT2D eigenvalue weighted by molar-refractivity contribution is 5.45. The first-order valence-corrected chi connectivity index (χ1v) is 3.19.